The molecule has 4 heteroatoms. The maximum atomic E-state index is 5.75. The number of para-hydroxylation sites is 2. The van der Waals surface area contributed by atoms with Gasteiger partial charge >= 0.3 is 0 Å². The Kier molecular flexibility index (Phi) is 15.9. The lowest BCUT2D eigenvalue weighted by atomic mass is 10.1. The van der Waals surface area contributed by atoms with Crippen molar-refractivity contribution in [3.63, 3.8) is 0 Å². The molecule has 0 N–H and O–H groups in total. The summed E-state index contributed by atoms with van der Waals surface area (Å²) in [4.78, 5) is 0. The van der Waals surface area contributed by atoms with Gasteiger partial charge in [-0.3, -0.25) is 0 Å². The zero-order valence-corrected chi connectivity index (χ0v) is 23.3. The number of hydrogen-bond donors (Lipinski definition) is 0. The second kappa shape index (κ2) is 15.5. The summed E-state index contributed by atoms with van der Waals surface area (Å²) >= 11 is 0. The van der Waals surface area contributed by atoms with E-state index < -0.39 is 0 Å². The van der Waals surface area contributed by atoms with Gasteiger partial charge in [0.2, 0.25) is 0 Å². The lowest BCUT2D eigenvalue weighted by Crippen LogP contribution is -2.26. The second-order valence-electron chi connectivity index (χ2n) is 7.06. The van der Waals surface area contributed by atoms with E-state index in [2.05, 4.69) is 33.9 Å². The third-order valence-electron chi connectivity index (χ3n) is 3.16. The zero-order chi connectivity index (χ0) is 21.3. The molecule has 0 radical (unpaired) electrons. The smallest absolute Gasteiger partial charge is 0.120 e. The highest BCUT2D eigenvalue weighted by atomic mass is 28.1. The van der Waals surface area contributed by atoms with Crippen LogP contribution in [0.15, 0.2) is 60.7 Å². The van der Waals surface area contributed by atoms with Crippen molar-refractivity contribution >= 4 is 20.5 Å². The highest BCUT2D eigenvalue weighted by Gasteiger charge is 2.15. The van der Waals surface area contributed by atoms with Crippen LogP contribution in [0.2, 0.25) is 13.1 Å². The average Bonchev–Trinajstić information content (AvgIpc) is 2.65. The highest BCUT2D eigenvalue weighted by molar-refractivity contribution is 6.05. The molecule has 154 valence electrons. The van der Waals surface area contributed by atoms with E-state index in [4.69, 9.17) is 9.47 Å². The molecular formula is C23H42O2Si2. The highest BCUT2D eigenvalue weighted by Crippen LogP contribution is 2.19. The monoisotopic (exact) mass is 406 g/mol. The minimum Gasteiger partial charge on any atom is -0.488 e. The van der Waals surface area contributed by atoms with Crippen molar-refractivity contribution in [2.75, 3.05) is 0 Å². The molecule has 0 spiro atoms. The van der Waals surface area contributed by atoms with Gasteiger partial charge in [-0.05, 0) is 85.8 Å². The summed E-state index contributed by atoms with van der Waals surface area (Å²) in [6, 6.07) is 19.8. The fourth-order valence-electron chi connectivity index (χ4n) is 1.72. The molecule has 0 fully saturated rings. The maximum absolute atomic E-state index is 5.75. The quantitative estimate of drug-likeness (QED) is 0.671. The van der Waals surface area contributed by atoms with E-state index in [-0.39, 0.29) is 11.2 Å². The van der Waals surface area contributed by atoms with Gasteiger partial charge in [-0.25, -0.2) is 0 Å². The van der Waals surface area contributed by atoms with Gasteiger partial charge in [-0.15, -0.1) is 0 Å². The molecule has 0 aromatic heterocycles. The van der Waals surface area contributed by atoms with Crippen molar-refractivity contribution in [3.8, 4) is 11.5 Å². The fourth-order valence-corrected chi connectivity index (χ4v) is 1.72. The van der Waals surface area contributed by atoms with E-state index in [1.165, 1.54) is 20.5 Å². The molecule has 0 aliphatic rings. The van der Waals surface area contributed by atoms with Crippen molar-refractivity contribution in [2.24, 2.45) is 0 Å². The van der Waals surface area contributed by atoms with E-state index in [1.807, 2.05) is 81.4 Å². The van der Waals surface area contributed by atoms with Gasteiger partial charge in [0.1, 0.15) is 22.7 Å². The number of benzene rings is 2. The van der Waals surface area contributed by atoms with Crippen molar-refractivity contribution in [3.05, 3.63) is 60.7 Å². The standard InChI is InChI=1S/C11H16O.C10H14O.2CH6Si/c1-4-11(2,3)12-10-8-6-5-7-9-10;1-10(2,3)11-9-7-5-4-6-8-9;2*1-2/h5-9H,4H2,1-3H3;4-8H,1-3H3;2*1-2H3. The summed E-state index contributed by atoms with van der Waals surface area (Å²) in [5.74, 6) is 1.88. The largest absolute Gasteiger partial charge is 0.488 e. The summed E-state index contributed by atoms with van der Waals surface area (Å²) in [6.07, 6.45) is 1.02. The Morgan fingerprint density at radius 2 is 0.963 bits per heavy atom. The molecule has 0 amide bonds. The molecule has 0 heterocycles. The van der Waals surface area contributed by atoms with Gasteiger partial charge in [-0.1, -0.05) is 56.4 Å². The third-order valence-corrected chi connectivity index (χ3v) is 3.16. The predicted octanol–water partition coefficient (Wildman–Crippen LogP) is 4.92. The first-order chi connectivity index (χ1) is 12.7. The van der Waals surface area contributed by atoms with Crippen LogP contribution in [0, 0.1) is 0 Å². The first-order valence-electron chi connectivity index (χ1n) is 10.2. The average molecular weight is 407 g/mol. The summed E-state index contributed by atoms with van der Waals surface area (Å²) in [5.41, 5.74) is -0.150. The molecule has 0 bridgehead atoms. The molecular weight excluding hydrogens is 364 g/mol. The summed E-state index contributed by atoms with van der Waals surface area (Å²) in [6.45, 7) is 16.7. The lowest BCUT2D eigenvalue weighted by Gasteiger charge is -2.24. The molecule has 0 saturated heterocycles. The van der Waals surface area contributed by atoms with Crippen LogP contribution in [0.1, 0.15) is 48.0 Å². The van der Waals surface area contributed by atoms with Crippen molar-refractivity contribution < 1.29 is 9.47 Å². The van der Waals surface area contributed by atoms with Crippen molar-refractivity contribution in [1.82, 2.24) is 0 Å². The third kappa shape index (κ3) is 16.4. The first-order valence-corrected chi connectivity index (χ1v) is 14.2. The first kappa shape index (κ1) is 27.7. The van der Waals surface area contributed by atoms with Gasteiger partial charge < -0.3 is 9.47 Å². The van der Waals surface area contributed by atoms with E-state index in [0.717, 1.165) is 17.9 Å². The van der Waals surface area contributed by atoms with Crippen LogP contribution in [0.3, 0.4) is 0 Å². The van der Waals surface area contributed by atoms with Crippen LogP contribution in [-0.4, -0.2) is 31.7 Å². The molecule has 0 atom stereocenters. The van der Waals surface area contributed by atoms with Crippen molar-refractivity contribution in [1.29, 1.82) is 0 Å². The predicted molar refractivity (Wildman–Crippen MR) is 130 cm³/mol. The molecule has 2 rings (SSSR count). The van der Waals surface area contributed by atoms with Gasteiger partial charge in [0.25, 0.3) is 0 Å². The van der Waals surface area contributed by atoms with Crippen LogP contribution in [0.25, 0.3) is 0 Å². The summed E-state index contributed by atoms with van der Waals surface area (Å²) < 4.78 is 11.4. The normalized spacial score (nSPS) is 10.2. The number of ether oxygens (including phenoxy) is 2. The Morgan fingerprint density at radius 1 is 0.630 bits per heavy atom. The lowest BCUT2D eigenvalue weighted by molar-refractivity contribution is 0.105. The van der Waals surface area contributed by atoms with Gasteiger partial charge in [0.05, 0.1) is 0 Å². The van der Waals surface area contributed by atoms with Gasteiger partial charge in [0, 0.05) is 0 Å². The molecule has 0 aliphatic carbocycles. The summed E-state index contributed by atoms with van der Waals surface area (Å²) in [5, 5.41) is 0. The maximum Gasteiger partial charge on any atom is 0.120 e. The molecule has 2 aromatic carbocycles. The molecule has 2 nitrogen and oxygen atoms in total. The van der Waals surface area contributed by atoms with E-state index >= 15 is 0 Å². The number of hydrogen-bond acceptors (Lipinski definition) is 2. The Hall–Kier alpha value is -1.53. The molecule has 0 aliphatic heterocycles. The van der Waals surface area contributed by atoms with Crippen LogP contribution < -0.4 is 9.47 Å². The second-order valence-corrected chi connectivity index (χ2v) is 7.06. The molecule has 2 aromatic rings. The van der Waals surface area contributed by atoms with Gasteiger partial charge in [0.15, 0.2) is 0 Å². The summed E-state index contributed by atoms with van der Waals surface area (Å²) in [7, 11) is 2.61. The van der Waals surface area contributed by atoms with E-state index in [9.17, 15) is 0 Å². The molecule has 0 unspecified atom stereocenters. The van der Waals surface area contributed by atoms with E-state index in [0.29, 0.717) is 0 Å². The Labute approximate surface area is 174 Å². The van der Waals surface area contributed by atoms with Crippen LogP contribution in [0.4, 0.5) is 0 Å². The topological polar surface area (TPSA) is 18.5 Å². The number of rotatable bonds is 4. The molecule has 0 saturated carbocycles. The van der Waals surface area contributed by atoms with E-state index in [1.54, 1.807) is 0 Å². The Balaban J connectivity index is 0. The SMILES string of the molecule is CC(C)(C)Oc1ccccc1.CCC(C)(C)Oc1ccccc1.C[SiH3].C[SiH3]. The fraction of sp³-hybridized carbons (Fsp3) is 0.478. The minimum absolute atomic E-state index is 0.0542. The van der Waals surface area contributed by atoms with Crippen LogP contribution in [0.5, 0.6) is 11.5 Å². The Bertz CT molecular complexity index is 550. The van der Waals surface area contributed by atoms with Crippen LogP contribution in [-0.2, 0) is 0 Å². The van der Waals surface area contributed by atoms with Crippen LogP contribution >= 0.6 is 0 Å². The van der Waals surface area contributed by atoms with Crippen molar-refractivity contribution in [2.45, 2.75) is 72.3 Å². The van der Waals surface area contributed by atoms with Gasteiger partial charge in [-0.2, -0.15) is 0 Å². The molecule has 27 heavy (non-hydrogen) atoms. The Morgan fingerprint density at radius 3 is 1.26 bits per heavy atom. The zero-order valence-electron chi connectivity index (χ0n) is 19.3. The minimum atomic E-state index is -0.0959.